The van der Waals surface area contributed by atoms with Gasteiger partial charge in [-0.1, -0.05) is 29.8 Å². The molecule has 0 atom stereocenters. The number of aromatic nitrogens is 2. The molecule has 0 bridgehead atoms. The predicted molar refractivity (Wildman–Crippen MR) is 109 cm³/mol. The van der Waals surface area contributed by atoms with Gasteiger partial charge in [0.25, 0.3) is 5.91 Å². The standard InChI is InChI=1S/C20H19ClN4O3/c1-12-6-4-5-7-14(12)25-20(26)16-10-23-19(11-22-16)24-15-9-17(27-2)13(21)8-18(15)28-3/h4-11H,1-3H3,(H,23,24)(H,25,26). The van der Waals surface area contributed by atoms with Crippen LogP contribution in [0, 0.1) is 6.92 Å². The number of amides is 1. The van der Waals surface area contributed by atoms with Gasteiger partial charge in [0.1, 0.15) is 23.0 Å². The third-order valence-corrected chi connectivity index (χ3v) is 4.31. The molecule has 0 aliphatic rings. The van der Waals surface area contributed by atoms with Crippen molar-refractivity contribution in [1.82, 2.24) is 9.97 Å². The van der Waals surface area contributed by atoms with E-state index in [2.05, 4.69) is 20.6 Å². The minimum absolute atomic E-state index is 0.203. The van der Waals surface area contributed by atoms with Gasteiger partial charge in [0, 0.05) is 17.8 Å². The molecular formula is C20H19ClN4O3. The van der Waals surface area contributed by atoms with Crippen LogP contribution in [0.1, 0.15) is 16.1 Å². The Morgan fingerprint density at radius 3 is 2.39 bits per heavy atom. The van der Waals surface area contributed by atoms with Crippen molar-refractivity contribution in [3.8, 4) is 11.5 Å². The molecule has 0 aliphatic heterocycles. The molecule has 0 radical (unpaired) electrons. The lowest BCUT2D eigenvalue weighted by molar-refractivity contribution is 0.102. The molecule has 0 fully saturated rings. The summed E-state index contributed by atoms with van der Waals surface area (Å²) in [5.41, 5.74) is 2.50. The van der Waals surface area contributed by atoms with E-state index in [0.717, 1.165) is 11.3 Å². The molecule has 7 nitrogen and oxygen atoms in total. The molecule has 1 amide bonds. The fourth-order valence-electron chi connectivity index (χ4n) is 2.51. The first-order valence-corrected chi connectivity index (χ1v) is 8.77. The van der Waals surface area contributed by atoms with Crippen molar-refractivity contribution < 1.29 is 14.3 Å². The van der Waals surface area contributed by atoms with Gasteiger partial charge in [0.2, 0.25) is 0 Å². The van der Waals surface area contributed by atoms with Crippen LogP contribution in [0.3, 0.4) is 0 Å². The molecule has 8 heteroatoms. The highest BCUT2D eigenvalue weighted by Gasteiger charge is 2.13. The van der Waals surface area contributed by atoms with Crippen LogP contribution in [0.5, 0.6) is 11.5 Å². The van der Waals surface area contributed by atoms with Crippen molar-refractivity contribution in [2.75, 3.05) is 24.9 Å². The number of hydrogen-bond acceptors (Lipinski definition) is 6. The second-order valence-corrected chi connectivity index (χ2v) is 6.28. The van der Waals surface area contributed by atoms with Gasteiger partial charge in [0.15, 0.2) is 0 Å². The molecule has 3 rings (SSSR count). The molecule has 2 aromatic carbocycles. The van der Waals surface area contributed by atoms with Gasteiger partial charge in [-0.3, -0.25) is 4.79 Å². The Bertz CT molecular complexity index is 993. The Morgan fingerprint density at radius 1 is 1.00 bits per heavy atom. The quantitative estimate of drug-likeness (QED) is 0.638. The summed E-state index contributed by atoms with van der Waals surface area (Å²) in [5.74, 6) is 1.12. The fraction of sp³-hybridized carbons (Fsp3) is 0.150. The largest absolute Gasteiger partial charge is 0.495 e. The number of benzene rings is 2. The van der Waals surface area contributed by atoms with Gasteiger partial charge in [-0.05, 0) is 18.6 Å². The normalized spacial score (nSPS) is 10.3. The van der Waals surface area contributed by atoms with Crippen LogP contribution < -0.4 is 20.1 Å². The van der Waals surface area contributed by atoms with Crippen LogP contribution in [0.4, 0.5) is 17.2 Å². The maximum Gasteiger partial charge on any atom is 0.275 e. The highest BCUT2D eigenvalue weighted by Crippen LogP contribution is 2.36. The van der Waals surface area contributed by atoms with Crippen LogP contribution in [0.15, 0.2) is 48.8 Å². The number of aryl methyl sites for hydroxylation is 1. The van der Waals surface area contributed by atoms with E-state index in [1.54, 1.807) is 12.1 Å². The second-order valence-electron chi connectivity index (χ2n) is 5.87. The van der Waals surface area contributed by atoms with Crippen LogP contribution in [0.25, 0.3) is 0 Å². The lowest BCUT2D eigenvalue weighted by Crippen LogP contribution is -2.15. The zero-order valence-corrected chi connectivity index (χ0v) is 16.4. The first-order chi connectivity index (χ1) is 13.5. The molecule has 3 aromatic rings. The highest BCUT2D eigenvalue weighted by molar-refractivity contribution is 6.32. The predicted octanol–water partition coefficient (Wildman–Crippen LogP) is 4.45. The molecule has 0 saturated carbocycles. The molecule has 1 heterocycles. The van der Waals surface area contributed by atoms with E-state index in [9.17, 15) is 4.79 Å². The SMILES string of the molecule is COc1cc(Nc2cnc(C(=O)Nc3ccccc3C)cn2)c(OC)cc1Cl. The highest BCUT2D eigenvalue weighted by atomic mass is 35.5. The van der Waals surface area contributed by atoms with E-state index in [0.29, 0.717) is 28.0 Å². The first-order valence-electron chi connectivity index (χ1n) is 8.39. The topological polar surface area (TPSA) is 85.4 Å². The number of rotatable bonds is 6. The summed E-state index contributed by atoms with van der Waals surface area (Å²) >= 11 is 6.11. The number of para-hydroxylation sites is 1. The number of carbonyl (C=O) groups excluding carboxylic acids is 1. The van der Waals surface area contributed by atoms with Gasteiger partial charge >= 0.3 is 0 Å². The minimum atomic E-state index is -0.334. The Hall–Kier alpha value is -3.32. The average molecular weight is 399 g/mol. The molecular weight excluding hydrogens is 380 g/mol. The van der Waals surface area contributed by atoms with Crippen LogP contribution >= 0.6 is 11.6 Å². The summed E-state index contributed by atoms with van der Waals surface area (Å²) in [7, 11) is 3.06. The van der Waals surface area contributed by atoms with Crippen molar-refractivity contribution in [2.45, 2.75) is 6.92 Å². The van der Waals surface area contributed by atoms with Crippen molar-refractivity contribution in [2.24, 2.45) is 0 Å². The van der Waals surface area contributed by atoms with Gasteiger partial charge in [-0.15, -0.1) is 0 Å². The maximum atomic E-state index is 12.4. The van der Waals surface area contributed by atoms with Crippen LogP contribution in [-0.4, -0.2) is 30.1 Å². The van der Waals surface area contributed by atoms with Crippen molar-refractivity contribution >= 4 is 34.7 Å². The smallest absolute Gasteiger partial charge is 0.275 e. The fourth-order valence-corrected chi connectivity index (χ4v) is 2.74. The summed E-state index contributed by atoms with van der Waals surface area (Å²) in [6, 6.07) is 10.8. The molecule has 0 unspecified atom stereocenters. The van der Waals surface area contributed by atoms with Crippen molar-refractivity contribution in [3.63, 3.8) is 0 Å². The number of hydrogen-bond donors (Lipinski definition) is 2. The first kappa shape index (κ1) is 19.4. The summed E-state index contributed by atoms with van der Waals surface area (Å²) in [6.07, 6.45) is 2.86. The lowest BCUT2D eigenvalue weighted by atomic mass is 10.2. The molecule has 0 aliphatic carbocycles. The molecule has 0 saturated heterocycles. The van der Waals surface area contributed by atoms with E-state index >= 15 is 0 Å². The number of nitrogens with one attached hydrogen (secondary N) is 2. The van der Waals surface area contributed by atoms with E-state index in [1.165, 1.54) is 26.6 Å². The number of ether oxygens (including phenoxy) is 2. The second kappa shape index (κ2) is 8.58. The van der Waals surface area contributed by atoms with E-state index in [4.69, 9.17) is 21.1 Å². The zero-order chi connectivity index (χ0) is 20.1. The Labute approximate surface area is 167 Å². The van der Waals surface area contributed by atoms with Crippen LogP contribution in [-0.2, 0) is 0 Å². The summed E-state index contributed by atoms with van der Waals surface area (Å²) in [6.45, 7) is 1.92. The molecule has 0 spiro atoms. The summed E-state index contributed by atoms with van der Waals surface area (Å²) < 4.78 is 10.5. The van der Waals surface area contributed by atoms with Crippen LogP contribution in [0.2, 0.25) is 5.02 Å². The van der Waals surface area contributed by atoms with Crippen molar-refractivity contribution in [1.29, 1.82) is 0 Å². The molecule has 28 heavy (non-hydrogen) atoms. The zero-order valence-electron chi connectivity index (χ0n) is 15.6. The third kappa shape index (κ3) is 4.32. The molecule has 144 valence electrons. The van der Waals surface area contributed by atoms with Gasteiger partial charge in [0.05, 0.1) is 37.3 Å². The van der Waals surface area contributed by atoms with E-state index in [-0.39, 0.29) is 11.6 Å². The third-order valence-electron chi connectivity index (χ3n) is 4.01. The van der Waals surface area contributed by atoms with Gasteiger partial charge < -0.3 is 20.1 Å². The Balaban J connectivity index is 1.76. The number of nitrogens with zero attached hydrogens (tertiary/aromatic N) is 2. The number of anilines is 3. The van der Waals surface area contributed by atoms with E-state index < -0.39 is 0 Å². The maximum absolute atomic E-state index is 12.4. The van der Waals surface area contributed by atoms with Crippen molar-refractivity contribution in [3.05, 3.63) is 65.1 Å². The number of methoxy groups -OCH3 is 2. The number of carbonyl (C=O) groups is 1. The Morgan fingerprint density at radius 2 is 1.75 bits per heavy atom. The lowest BCUT2D eigenvalue weighted by Gasteiger charge is -2.13. The summed E-state index contributed by atoms with van der Waals surface area (Å²) in [4.78, 5) is 20.8. The number of halogens is 1. The van der Waals surface area contributed by atoms with Gasteiger partial charge in [-0.2, -0.15) is 0 Å². The summed E-state index contributed by atoms with van der Waals surface area (Å²) in [5, 5.41) is 6.33. The molecule has 2 N–H and O–H groups in total. The van der Waals surface area contributed by atoms with Gasteiger partial charge in [-0.25, -0.2) is 9.97 Å². The molecule has 1 aromatic heterocycles. The average Bonchev–Trinajstić information content (AvgIpc) is 2.71. The minimum Gasteiger partial charge on any atom is -0.495 e. The monoisotopic (exact) mass is 398 g/mol. The van der Waals surface area contributed by atoms with E-state index in [1.807, 2.05) is 31.2 Å². The Kier molecular flexibility index (Phi) is 5.96.